The number of amides is 2. The second kappa shape index (κ2) is 6.58. The zero-order chi connectivity index (χ0) is 17.2. The molecular weight excluding hydrogens is 320 g/mol. The lowest BCUT2D eigenvalue weighted by atomic mass is 9.85. The first-order valence-corrected chi connectivity index (χ1v) is 8.47. The molecule has 0 saturated carbocycles. The van der Waals surface area contributed by atoms with Crippen molar-refractivity contribution in [3.63, 3.8) is 0 Å². The molecule has 2 amide bonds. The third-order valence-electron chi connectivity index (χ3n) is 4.78. The van der Waals surface area contributed by atoms with Crippen molar-refractivity contribution in [2.24, 2.45) is 11.8 Å². The third-order valence-corrected chi connectivity index (χ3v) is 4.78. The van der Waals surface area contributed by atoms with Crippen LogP contribution in [0, 0.1) is 11.8 Å². The molecule has 2 unspecified atom stereocenters. The van der Waals surface area contributed by atoms with Gasteiger partial charge in [-0.3, -0.25) is 19.5 Å². The highest BCUT2D eigenvalue weighted by molar-refractivity contribution is 6.05. The maximum absolute atomic E-state index is 12.4. The predicted molar refractivity (Wildman–Crippen MR) is 87.9 cm³/mol. The molecule has 1 fully saturated rings. The van der Waals surface area contributed by atoms with Crippen molar-refractivity contribution in [1.82, 2.24) is 20.0 Å². The molecule has 25 heavy (non-hydrogen) atoms. The number of aryl methyl sites for hydroxylation is 1. The number of nitrogens with zero attached hydrogens (tertiary/aromatic N) is 4. The number of likely N-dealkylation sites (tertiary alicyclic amines) is 1. The van der Waals surface area contributed by atoms with Gasteiger partial charge >= 0.3 is 0 Å². The molecule has 2 aliphatic rings. The van der Waals surface area contributed by atoms with Gasteiger partial charge in [-0.2, -0.15) is 4.98 Å². The van der Waals surface area contributed by atoms with Crippen LogP contribution in [-0.2, 0) is 16.0 Å². The van der Waals surface area contributed by atoms with Gasteiger partial charge in [0.25, 0.3) is 0 Å². The number of carbonyl (C=O) groups excluding carboxylic acids is 2. The van der Waals surface area contributed by atoms with Gasteiger partial charge in [0.05, 0.1) is 11.8 Å². The highest BCUT2D eigenvalue weighted by Gasteiger charge is 2.46. The van der Waals surface area contributed by atoms with E-state index in [1.165, 1.54) is 4.90 Å². The van der Waals surface area contributed by atoms with Crippen LogP contribution in [0.15, 0.2) is 41.2 Å². The topological polar surface area (TPSA) is 89.2 Å². The maximum atomic E-state index is 12.4. The summed E-state index contributed by atoms with van der Waals surface area (Å²) >= 11 is 0. The number of imide groups is 1. The van der Waals surface area contributed by atoms with Crippen molar-refractivity contribution >= 4 is 11.8 Å². The Kier molecular flexibility index (Phi) is 4.13. The first-order valence-electron chi connectivity index (χ1n) is 8.47. The molecule has 7 nitrogen and oxygen atoms in total. The normalized spacial score (nSPS) is 22.5. The van der Waals surface area contributed by atoms with E-state index in [4.69, 9.17) is 4.52 Å². The van der Waals surface area contributed by atoms with Crippen molar-refractivity contribution in [2.45, 2.75) is 25.7 Å². The number of hydrogen-bond acceptors (Lipinski definition) is 6. The van der Waals surface area contributed by atoms with Crippen molar-refractivity contribution in [2.75, 3.05) is 6.54 Å². The van der Waals surface area contributed by atoms with Gasteiger partial charge in [0.1, 0.15) is 0 Å². The first-order chi connectivity index (χ1) is 12.2. The Bertz CT molecular complexity index is 789. The highest BCUT2D eigenvalue weighted by Crippen LogP contribution is 2.35. The van der Waals surface area contributed by atoms with E-state index in [9.17, 15) is 9.59 Å². The number of rotatable bonds is 5. The van der Waals surface area contributed by atoms with Crippen molar-refractivity contribution in [3.05, 3.63) is 42.6 Å². The predicted octanol–water partition coefficient (Wildman–Crippen LogP) is 2.02. The lowest BCUT2D eigenvalue weighted by molar-refractivity contribution is -0.139. The molecule has 0 radical (unpaired) electrons. The average molecular weight is 338 g/mol. The monoisotopic (exact) mass is 338 g/mol. The fraction of sp³-hybridized carbons (Fsp3) is 0.389. The van der Waals surface area contributed by atoms with Crippen LogP contribution in [-0.4, -0.2) is 38.4 Å². The summed E-state index contributed by atoms with van der Waals surface area (Å²) in [6, 6.07) is 3.62. The lowest BCUT2D eigenvalue weighted by Crippen LogP contribution is -2.32. The zero-order valence-electron chi connectivity index (χ0n) is 13.7. The molecule has 0 N–H and O–H groups in total. The van der Waals surface area contributed by atoms with E-state index >= 15 is 0 Å². The second-order valence-corrected chi connectivity index (χ2v) is 6.34. The Labute approximate surface area is 144 Å². The molecule has 1 saturated heterocycles. The Morgan fingerprint density at radius 1 is 1.08 bits per heavy atom. The standard InChI is InChI=1S/C18H18N4O3/c23-17-13-4-1-2-5-14(13)18(24)22(17)11-3-6-15-20-16(21-25-15)12-7-9-19-10-8-12/h1-2,7-10,13-14H,3-6,11H2. The van der Waals surface area contributed by atoms with Crippen LogP contribution >= 0.6 is 0 Å². The Morgan fingerprint density at radius 3 is 2.44 bits per heavy atom. The summed E-state index contributed by atoms with van der Waals surface area (Å²) in [5.41, 5.74) is 0.839. The SMILES string of the molecule is O=C1C2CC=CCC2C(=O)N1CCCc1nc(-c2ccncc2)no1. The number of aromatic nitrogens is 3. The minimum Gasteiger partial charge on any atom is -0.339 e. The molecule has 1 aliphatic carbocycles. The summed E-state index contributed by atoms with van der Waals surface area (Å²) in [5.74, 6) is 0.607. The first kappa shape index (κ1) is 15.7. The fourth-order valence-electron chi connectivity index (χ4n) is 3.45. The van der Waals surface area contributed by atoms with E-state index in [0.29, 0.717) is 43.9 Å². The van der Waals surface area contributed by atoms with Gasteiger partial charge in [-0.25, -0.2) is 0 Å². The number of allylic oxidation sites excluding steroid dienone is 2. The minimum atomic E-state index is -0.167. The van der Waals surface area contributed by atoms with Crippen LogP contribution in [0.4, 0.5) is 0 Å². The summed E-state index contributed by atoms with van der Waals surface area (Å²) in [5, 5.41) is 3.96. The summed E-state index contributed by atoms with van der Waals surface area (Å²) < 4.78 is 5.25. The molecule has 0 bridgehead atoms. The number of pyridine rings is 1. The fourth-order valence-corrected chi connectivity index (χ4v) is 3.45. The van der Waals surface area contributed by atoms with Gasteiger partial charge in [0.2, 0.25) is 23.5 Å². The summed E-state index contributed by atoms with van der Waals surface area (Å²) in [6.45, 7) is 0.400. The van der Waals surface area contributed by atoms with E-state index in [-0.39, 0.29) is 23.7 Å². The van der Waals surface area contributed by atoms with Crippen molar-refractivity contribution in [3.8, 4) is 11.4 Å². The minimum absolute atomic E-state index is 0.0395. The Hall–Kier alpha value is -2.83. The van der Waals surface area contributed by atoms with Crippen LogP contribution in [0.5, 0.6) is 0 Å². The molecule has 0 spiro atoms. The quantitative estimate of drug-likeness (QED) is 0.612. The van der Waals surface area contributed by atoms with E-state index in [1.807, 2.05) is 24.3 Å². The molecule has 7 heteroatoms. The third kappa shape index (κ3) is 2.97. The zero-order valence-corrected chi connectivity index (χ0v) is 13.7. The van der Waals surface area contributed by atoms with Crippen molar-refractivity contribution < 1.29 is 14.1 Å². The van der Waals surface area contributed by atoms with Gasteiger partial charge in [0.15, 0.2) is 0 Å². The molecular formula is C18H18N4O3. The molecule has 2 atom stereocenters. The summed E-state index contributed by atoms with van der Waals surface area (Å²) in [7, 11) is 0. The molecule has 2 aromatic heterocycles. The van der Waals surface area contributed by atoms with Crippen LogP contribution in [0.1, 0.15) is 25.2 Å². The number of fused-ring (bicyclic) bond motifs is 1. The van der Waals surface area contributed by atoms with E-state index < -0.39 is 0 Å². The van der Waals surface area contributed by atoms with Crippen LogP contribution in [0.25, 0.3) is 11.4 Å². The highest BCUT2D eigenvalue weighted by atomic mass is 16.5. The molecule has 128 valence electrons. The van der Waals surface area contributed by atoms with E-state index in [1.54, 1.807) is 12.4 Å². The van der Waals surface area contributed by atoms with Gasteiger partial charge in [0, 0.05) is 30.9 Å². The molecule has 2 aromatic rings. The Morgan fingerprint density at radius 2 is 1.76 bits per heavy atom. The van der Waals surface area contributed by atoms with E-state index in [0.717, 1.165) is 5.56 Å². The number of hydrogen-bond donors (Lipinski definition) is 0. The van der Waals surface area contributed by atoms with Crippen LogP contribution in [0.3, 0.4) is 0 Å². The van der Waals surface area contributed by atoms with E-state index in [2.05, 4.69) is 15.1 Å². The van der Waals surface area contributed by atoms with Crippen LogP contribution in [0.2, 0.25) is 0 Å². The van der Waals surface area contributed by atoms with Crippen molar-refractivity contribution in [1.29, 1.82) is 0 Å². The van der Waals surface area contributed by atoms with Gasteiger partial charge in [-0.15, -0.1) is 0 Å². The number of carbonyl (C=O) groups is 2. The van der Waals surface area contributed by atoms with Gasteiger partial charge in [-0.05, 0) is 31.4 Å². The van der Waals surface area contributed by atoms with Gasteiger partial charge in [-0.1, -0.05) is 17.3 Å². The average Bonchev–Trinajstić information content (AvgIpc) is 3.22. The van der Waals surface area contributed by atoms with Gasteiger partial charge < -0.3 is 4.52 Å². The molecule has 0 aromatic carbocycles. The lowest BCUT2D eigenvalue weighted by Gasteiger charge is -2.14. The Balaban J connectivity index is 1.35. The van der Waals surface area contributed by atoms with Crippen LogP contribution < -0.4 is 0 Å². The molecule has 4 rings (SSSR count). The molecule has 1 aliphatic heterocycles. The maximum Gasteiger partial charge on any atom is 0.233 e. The second-order valence-electron chi connectivity index (χ2n) is 6.34. The largest absolute Gasteiger partial charge is 0.339 e. The summed E-state index contributed by atoms with van der Waals surface area (Å²) in [6.07, 6.45) is 9.82. The molecule has 3 heterocycles. The smallest absolute Gasteiger partial charge is 0.233 e. The summed E-state index contributed by atoms with van der Waals surface area (Å²) in [4.78, 5) is 34.5.